The quantitative estimate of drug-likeness (QED) is 0.811. The topological polar surface area (TPSA) is 24.5 Å². The van der Waals surface area contributed by atoms with E-state index in [1.807, 2.05) is 18.2 Å². The minimum absolute atomic E-state index is 0. The Bertz CT molecular complexity index is 651. The largest absolute Gasteiger partial charge is 0.435 e. The Morgan fingerprint density at radius 1 is 1.17 bits per heavy atom. The molecule has 0 amide bonds. The first-order valence-corrected chi connectivity index (χ1v) is 8.58. The monoisotopic (exact) mass is 394 g/mol. The van der Waals surface area contributed by atoms with Gasteiger partial charge in [0.2, 0.25) is 0 Å². The van der Waals surface area contributed by atoms with Gasteiger partial charge in [0.05, 0.1) is 10.4 Å². The molecule has 2 heterocycles. The van der Waals surface area contributed by atoms with E-state index in [2.05, 4.69) is 15.0 Å². The minimum atomic E-state index is -2.82. The Balaban J connectivity index is 0.00000208. The maximum atomic E-state index is 12.5. The zero-order chi connectivity index (χ0) is 16.2. The molecule has 1 saturated heterocycles. The Labute approximate surface area is 155 Å². The van der Waals surface area contributed by atoms with Gasteiger partial charge in [0, 0.05) is 31.1 Å². The van der Waals surface area contributed by atoms with Gasteiger partial charge in [-0.2, -0.15) is 8.78 Å². The second kappa shape index (κ2) is 8.97. The van der Waals surface area contributed by atoms with Crippen LogP contribution in [0.3, 0.4) is 0 Å². The van der Waals surface area contributed by atoms with Gasteiger partial charge >= 0.3 is 6.61 Å². The highest BCUT2D eigenvalue weighted by molar-refractivity contribution is 7.16. The fourth-order valence-corrected chi connectivity index (χ4v) is 4.06. The molecule has 0 unspecified atom stereocenters. The summed E-state index contributed by atoms with van der Waals surface area (Å²) in [6.07, 6.45) is 0. The smallest absolute Gasteiger partial charge is 0.387 e. The molecule has 0 bridgehead atoms. The second-order valence-electron chi connectivity index (χ2n) is 5.28. The molecule has 1 atom stereocenters. The van der Waals surface area contributed by atoms with Crippen LogP contribution in [0.1, 0.15) is 16.5 Å². The van der Waals surface area contributed by atoms with Crippen LogP contribution in [-0.4, -0.2) is 37.7 Å². The van der Waals surface area contributed by atoms with Gasteiger partial charge in [-0.1, -0.05) is 23.7 Å². The molecule has 3 nitrogen and oxygen atoms in total. The molecular formula is C16H18Cl2F2N2OS. The van der Waals surface area contributed by atoms with Crippen LogP contribution < -0.4 is 10.1 Å². The van der Waals surface area contributed by atoms with E-state index in [1.54, 1.807) is 18.2 Å². The summed E-state index contributed by atoms with van der Waals surface area (Å²) >= 11 is 7.61. The third-order valence-corrected chi connectivity index (χ3v) is 5.06. The first-order valence-electron chi connectivity index (χ1n) is 7.38. The van der Waals surface area contributed by atoms with E-state index < -0.39 is 6.61 Å². The van der Waals surface area contributed by atoms with Crippen molar-refractivity contribution in [2.75, 3.05) is 26.2 Å². The van der Waals surface area contributed by atoms with Gasteiger partial charge in [-0.25, -0.2) is 0 Å². The fourth-order valence-electron chi connectivity index (χ4n) is 2.83. The molecule has 8 heteroatoms. The molecule has 1 fully saturated rings. The van der Waals surface area contributed by atoms with Gasteiger partial charge in [-0.15, -0.1) is 23.7 Å². The van der Waals surface area contributed by atoms with Crippen molar-refractivity contribution >= 4 is 35.3 Å². The summed E-state index contributed by atoms with van der Waals surface area (Å²) in [5.41, 5.74) is 0.934. The number of alkyl halides is 2. The van der Waals surface area contributed by atoms with Gasteiger partial charge in [0.15, 0.2) is 0 Å². The Hall–Kier alpha value is -0.920. The predicted molar refractivity (Wildman–Crippen MR) is 95.9 cm³/mol. The summed E-state index contributed by atoms with van der Waals surface area (Å²) in [4.78, 5) is 3.44. The summed E-state index contributed by atoms with van der Waals surface area (Å²) in [6.45, 7) is 0.769. The first-order chi connectivity index (χ1) is 11.1. The minimum Gasteiger partial charge on any atom is -0.435 e. The third-order valence-electron chi connectivity index (χ3n) is 3.78. The lowest BCUT2D eigenvalue weighted by molar-refractivity contribution is -0.0499. The van der Waals surface area contributed by atoms with Gasteiger partial charge in [0.25, 0.3) is 0 Å². The van der Waals surface area contributed by atoms with Crippen molar-refractivity contribution in [3.8, 4) is 5.75 Å². The molecule has 132 valence electrons. The molecule has 0 aliphatic carbocycles. The lowest BCUT2D eigenvalue weighted by Gasteiger charge is -2.34. The summed E-state index contributed by atoms with van der Waals surface area (Å²) in [5, 5.41) is 3.33. The highest BCUT2D eigenvalue weighted by Gasteiger charge is 2.25. The number of nitrogens with one attached hydrogen (secondary N) is 1. The molecule has 1 aromatic carbocycles. The van der Waals surface area contributed by atoms with Gasteiger partial charge < -0.3 is 10.1 Å². The van der Waals surface area contributed by atoms with Crippen LogP contribution >= 0.6 is 35.3 Å². The highest BCUT2D eigenvalue weighted by atomic mass is 35.5. The first kappa shape index (κ1) is 19.4. The van der Waals surface area contributed by atoms with E-state index in [0.717, 1.165) is 41.0 Å². The molecule has 0 spiro atoms. The Morgan fingerprint density at radius 2 is 1.92 bits per heavy atom. The Morgan fingerprint density at radius 3 is 2.54 bits per heavy atom. The number of piperazine rings is 1. The number of hydrogen-bond acceptors (Lipinski definition) is 4. The zero-order valence-electron chi connectivity index (χ0n) is 12.8. The van der Waals surface area contributed by atoms with E-state index >= 15 is 0 Å². The molecular weight excluding hydrogens is 377 g/mol. The third kappa shape index (κ3) is 4.80. The van der Waals surface area contributed by atoms with Gasteiger partial charge in [0.1, 0.15) is 5.75 Å². The lowest BCUT2D eigenvalue weighted by Crippen LogP contribution is -2.45. The van der Waals surface area contributed by atoms with Crippen LogP contribution in [0.15, 0.2) is 36.4 Å². The lowest BCUT2D eigenvalue weighted by atomic mass is 10.0. The van der Waals surface area contributed by atoms with Crippen LogP contribution in [0.25, 0.3) is 0 Å². The van der Waals surface area contributed by atoms with E-state index in [1.165, 1.54) is 11.3 Å². The van der Waals surface area contributed by atoms with Crippen LogP contribution in [0.2, 0.25) is 4.34 Å². The summed E-state index contributed by atoms with van der Waals surface area (Å²) in [7, 11) is 0. The maximum Gasteiger partial charge on any atom is 0.387 e. The maximum absolute atomic E-state index is 12.5. The van der Waals surface area contributed by atoms with E-state index in [9.17, 15) is 8.78 Å². The standard InChI is InChI=1S/C16H17ClF2N2OS.ClH/c17-14-5-4-13(23-14)15(21-8-6-20-7-9-21)11-2-1-3-12(10-11)22-16(18)19;/h1-5,10,15-16,20H,6-9H2;1H/t15-;/m1./s1. The van der Waals surface area contributed by atoms with E-state index in [0.29, 0.717) is 0 Å². The summed E-state index contributed by atoms with van der Waals surface area (Å²) in [5.74, 6) is 0.181. The van der Waals surface area contributed by atoms with Crippen LogP contribution in [0.4, 0.5) is 8.78 Å². The van der Waals surface area contributed by atoms with Crippen molar-refractivity contribution in [2.45, 2.75) is 12.7 Å². The zero-order valence-corrected chi connectivity index (χ0v) is 15.1. The van der Waals surface area contributed by atoms with Crippen LogP contribution in [0.5, 0.6) is 5.75 Å². The number of benzene rings is 1. The van der Waals surface area contributed by atoms with Crippen LogP contribution in [-0.2, 0) is 0 Å². The van der Waals surface area contributed by atoms with Gasteiger partial charge in [-0.05, 0) is 29.8 Å². The van der Waals surface area contributed by atoms with Crippen molar-refractivity contribution in [3.63, 3.8) is 0 Å². The molecule has 0 radical (unpaired) electrons. The van der Waals surface area contributed by atoms with Crippen molar-refractivity contribution in [3.05, 3.63) is 51.2 Å². The number of nitrogens with zero attached hydrogens (tertiary/aromatic N) is 1. The van der Waals surface area contributed by atoms with Crippen molar-refractivity contribution in [2.24, 2.45) is 0 Å². The number of thiophene rings is 1. The average molecular weight is 395 g/mol. The van der Waals surface area contributed by atoms with Crippen molar-refractivity contribution in [1.82, 2.24) is 10.2 Å². The summed E-state index contributed by atoms with van der Waals surface area (Å²) < 4.78 is 30.2. The van der Waals surface area contributed by atoms with E-state index in [4.69, 9.17) is 11.6 Å². The predicted octanol–water partition coefficient (Wildman–Crippen LogP) is 4.42. The fraction of sp³-hybridized carbons (Fsp3) is 0.375. The van der Waals surface area contributed by atoms with Crippen molar-refractivity contribution in [1.29, 1.82) is 0 Å². The van der Waals surface area contributed by atoms with Crippen molar-refractivity contribution < 1.29 is 13.5 Å². The van der Waals surface area contributed by atoms with Gasteiger partial charge in [-0.3, -0.25) is 4.90 Å². The molecule has 0 saturated carbocycles. The molecule has 1 aliphatic rings. The molecule has 2 aromatic rings. The number of rotatable bonds is 5. The number of hydrogen-bond donors (Lipinski definition) is 1. The average Bonchev–Trinajstić information content (AvgIpc) is 2.94. The molecule has 24 heavy (non-hydrogen) atoms. The number of ether oxygens (including phenoxy) is 1. The molecule has 1 aromatic heterocycles. The Kier molecular flexibility index (Phi) is 7.25. The second-order valence-corrected chi connectivity index (χ2v) is 7.03. The highest BCUT2D eigenvalue weighted by Crippen LogP contribution is 2.36. The molecule has 1 aliphatic heterocycles. The van der Waals surface area contributed by atoms with Crippen LogP contribution in [0, 0.1) is 0 Å². The molecule has 3 rings (SSSR count). The normalized spacial score (nSPS) is 16.7. The molecule has 1 N–H and O–H groups in total. The number of halogens is 4. The SMILES string of the molecule is Cl.FC(F)Oc1cccc([C@H](c2ccc(Cl)s2)N2CCNCC2)c1. The summed E-state index contributed by atoms with van der Waals surface area (Å²) in [6, 6.07) is 10.8. The van der Waals surface area contributed by atoms with E-state index in [-0.39, 0.29) is 24.2 Å².